The highest BCUT2D eigenvalue weighted by atomic mass is 35.5. The predicted molar refractivity (Wildman–Crippen MR) is 53.7 cm³/mol. The number of pyridine rings is 1. The van der Waals surface area contributed by atoms with Crippen molar-refractivity contribution in [3.05, 3.63) is 40.8 Å². The second kappa shape index (κ2) is 3.47. The number of carboxylic acids is 1. The Kier molecular flexibility index (Phi) is 2.28. The summed E-state index contributed by atoms with van der Waals surface area (Å²) in [5.74, 6) is -2.35. The molecule has 0 atom stereocenters. The van der Waals surface area contributed by atoms with Gasteiger partial charge < -0.3 is 5.11 Å². The van der Waals surface area contributed by atoms with Crippen LogP contribution in [0.1, 0.15) is 10.4 Å². The third-order valence-electron chi connectivity index (χ3n) is 2.01. The summed E-state index contributed by atoms with van der Waals surface area (Å²) >= 11 is 5.49. The van der Waals surface area contributed by atoms with Crippen molar-refractivity contribution in [2.45, 2.75) is 0 Å². The minimum Gasteiger partial charge on any atom is -0.478 e. The summed E-state index contributed by atoms with van der Waals surface area (Å²) in [6.45, 7) is 0. The number of carboxylic acid groups (broad SMARTS) is 1. The number of rotatable bonds is 1. The van der Waals surface area contributed by atoms with E-state index in [9.17, 15) is 9.18 Å². The Morgan fingerprint density at radius 1 is 1.40 bits per heavy atom. The van der Waals surface area contributed by atoms with E-state index in [2.05, 4.69) is 4.98 Å². The number of carbonyl (C=O) groups is 1. The Morgan fingerprint density at radius 2 is 2.07 bits per heavy atom. The Bertz CT molecular complexity index is 556. The molecule has 5 heteroatoms. The van der Waals surface area contributed by atoms with Gasteiger partial charge in [0, 0.05) is 5.39 Å². The van der Waals surface area contributed by atoms with Crippen LogP contribution in [-0.4, -0.2) is 16.1 Å². The van der Waals surface area contributed by atoms with Gasteiger partial charge in [-0.3, -0.25) is 0 Å². The first kappa shape index (κ1) is 9.86. The van der Waals surface area contributed by atoms with Gasteiger partial charge in [-0.25, -0.2) is 14.2 Å². The highest BCUT2D eigenvalue weighted by Gasteiger charge is 2.18. The lowest BCUT2D eigenvalue weighted by Crippen LogP contribution is -2.03. The molecule has 0 unspecified atom stereocenters. The van der Waals surface area contributed by atoms with Crippen molar-refractivity contribution in [3.8, 4) is 0 Å². The number of halogens is 2. The van der Waals surface area contributed by atoms with Gasteiger partial charge in [0.25, 0.3) is 0 Å². The van der Waals surface area contributed by atoms with Crippen LogP contribution in [-0.2, 0) is 0 Å². The molecule has 0 aliphatic carbocycles. The summed E-state index contributed by atoms with van der Waals surface area (Å²) in [4.78, 5) is 14.6. The van der Waals surface area contributed by atoms with Crippen molar-refractivity contribution in [2.75, 3.05) is 0 Å². The maximum absolute atomic E-state index is 13.4. The van der Waals surface area contributed by atoms with Gasteiger partial charge in [-0.05, 0) is 6.07 Å². The van der Waals surface area contributed by atoms with E-state index in [1.807, 2.05) is 0 Å². The SMILES string of the molecule is O=C(O)c1c(F)c(Cl)nc2ccccc12. The molecule has 0 aliphatic heterocycles. The third kappa shape index (κ3) is 1.53. The number of benzene rings is 1. The summed E-state index contributed by atoms with van der Waals surface area (Å²) in [7, 11) is 0. The first-order chi connectivity index (χ1) is 7.11. The molecule has 1 N–H and O–H groups in total. The normalized spacial score (nSPS) is 10.5. The van der Waals surface area contributed by atoms with E-state index in [0.717, 1.165) is 0 Å². The zero-order valence-electron chi connectivity index (χ0n) is 7.37. The van der Waals surface area contributed by atoms with E-state index in [4.69, 9.17) is 16.7 Å². The van der Waals surface area contributed by atoms with Gasteiger partial charge in [0.2, 0.25) is 0 Å². The molecule has 0 saturated carbocycles. The van der Waals surface area contributed by atoms with Crippen LogP contribution in [0.4, 0.5) is 4.39 Å². The van der Waals surface area contributed by atoms with E-state index in [1.165, 1.54) is 6.07 Å². The Hall–Kier alpha value is -1.68. The number of hydrogen-bond acceptors (Lipinski definition) is 2. The standard InChI is InChI=1S/C10H5ClFNO2/c11-9-8(12)7(10(14)15)5-3-1-2-4-6(5)13-9/h1-4H,(H,14,15). The number of aromatic carboxylic acids is 1. The van der Waals surface area contributed by atoms with Gasteiger partial charge in [0.05, 0.1) is 5.52 Å². The van der Waals surface area contributed by atoms with Crippen molar-refractivity contribution < 1.29 is 14.3 Å². The van der Waals surface area contributed by atoms with E-state index < -0.39 is 22.5 Å². The van der Waals surface area contributed by atoms with Crippen molar-refractivity contribution in [2.24, 2.45) is 0 Å². The summed E-state index contributed by atoms with van der Waals surface area (Å²) in [5, 5.41) is 8.68. The maximum Gasteiger partial charge on any atom is 0.339 e. The van der Waals surface area contributed by atoms with Gasteiger partial charge in [-0.2, -0.15) is 0 Å². The number of fused-ring (bicyclic) bond motifs is 1. The van der Waals surface area contributed by atoms with Gasteiger partial charge >= 0.3 is 5.97 Å². The van der Waals surface area contributed by atoms with Crippen LogP contribution >= 0.6 is 11.6 Å². The molecule has 0 saturated heterocycles. The van der Waals surface area contributed by atoms with Crippen LogP contribution in [0.2, 0.25) is 5.15 Å². The van der Waals surface area contributed by atoms with Gasteiger partial charge in [0.1, 0.15) is 5.56 Å². The molecule has 1 aromatic carbocycles. The number of nitrogens with zero attached hydrogens (tertiary/aromatic N) is 1. The van der Waals surface area contributed by atoms with Crippen LogP contribution in [0.25, 0.3) is 10.9 Å². The maximum atomic E-state index is 13.4. The average Bonchev–Trinajstić information content (AvgIpc) is 2.19. The van der Waals surface area contributed by atoms with Crippen molar-refractivity contribution in [1.82, 2.24) is 4.98 Å². The molecule has 0 aliphatic rings. The number of aromatic nitrogens is 1. The summed E-state index contributed by atoms with van der Waals surface area (Å²) in [6.07, 6.45) is 0. The lowest BCUT2D eigenvalue weighted by molar-refractivity contribution is 0.0694. The summed E-state index contributed by atoms with van der Waals surface area (Å²) in [5.41, 5.74) is -0.0769. The van der Waals surface area contributed by atoms with Gasteiger partial charge in [-0.15, -0.1) is 0 Å². The minimum absolute atomic E-state index is 0.243. The Morgan fingerprint density at radius 3 is 2.73 bits per heavy atom. The van der Waals surface area contributed by atoms with E-state index in [1.54, 1.807) is 18.2 Å². The molecule has 2 rings (SSSR count). The average molecular weight is 226 g/mol. The van der Waals surface area contributed by atoms with Crippen molar-refractivity contribution in [3.63, 3.8) is 0 Å². The first-order valence-electron chi connectivity index (χ1n) is 4.08. The summed E-state index contributed by atoms with van der Waals surface area (Å²) in [6, 6.07) is 6.36. The lowest BCUT2D eigenvalue weighted by atomic mass is 10.1. The fourth-order valence-electron chi connectivity index (χ4n) is 1.37. The fraction of sp³-hybridized carbons (Fsp3) is 0. The molecule has 76 valence electrons. The molecule has 1 heterocycles. The monoisotopic (exact) mass is 225 g/mol. The van der Waals surface area contributed by atoms with E-state index >= 15 is 0 Å². The molecule has 2 aromatic rings. The predicted octanol–water partition coefficient (Wildman–Crippen LogP) is 2.73. The largest absolute Gasteiger partial charge is 0.478 e. The Labute approximate surface area is 89.1 Å². The Balaban J connectivity index is 2.95. The molecule has 0 spiro atoms. The van der Waals surface area contributed by atoms with E-state index in [-0.39, 0.29) is 5.39 Å². The second-order valence-corrected chi connectivity index (χ2v) is 3.27. The molecular weight excluding hydrogens is 221 g/mol. The molecule has 15 heavy (non-hydrogen) atoms. The van der Waals surface area contributed by atoms with Gasteiger partial charge in [-0.1, -0.05) is 29.8 Å². The quantitative estimate of drug-likeness (QED) is 0.760. The van der Waals surface area contributed by atoms with Crippen molar-refractivity contribution in [1.29, 1.82) is 0 Å². The van der Waals surface area contributed by atoms with Crippen LogP contribution in [0.15, 0.2) is 24.3 Å². The third-order valence-corrected chi connectivity index (χ3v) is 2.26. The molecule has 0 amide bonds. The van der Waals surface area contributed by atoms with Crippen LogP contribution in [0.3, 0.4) is 0 Å². The molecule has 3 nitrogen and oxygen atoms in total. The van der Waals surface area contributed by atoms with Crippen LogP contribution in [0, 0.1) is 5.82 Å². The minimum atomic E-state index is -1.35. The molecular formula is C10H5ClFNO2. The molecule has 0 fully saturated rings. The topological polar surface area (TPSA) is 50.2 Å². The smallest absolute Gasteiger partial charge is 0.339 e. The van der Waals surface area contributed by atoms with E-state index in [0.29, 0.717) is 5.52 Å². The number of hydrogen-bond donors (Lipinski definition) is 1. The molecule has 0 radical (unpaired) electrons. The van der Waals surface area contributed by atoms with Gasteiger partial charge in [0.15, 0.2) is 11.0 Å². The molecule has 0 bridgehead atoms. The fourth-order valence-corrected chi connectivity index (χ4v) is 1.55. The van der Waals surface area contributed by atoms with Crippen LogP contribution in [0.5, 0.6) is 0 Å². The zero-order valence-corrected chi connectivity index (χ0v) is 8.12. The first-order valence-corrected chi connectivity index (χ1v) is 4.46. The molecule has 1 aromatic heterocycles. The highest BCUT2D eigenvalue weighted by Crippen LogP contribution is 2.24. The highest BCUT2D eigenvalue weighted by molar-refractivity contribution is 6.30. The summed E-state index contributed by atoms with van der Waals surface area (Å²) < 4.78 is 13.4. The number of para-hydroxylation sites is 1. The zero-order chi connectivity index (χ0) is 11.0. The lowest BCUT2D eigenvalue weighted by Gasteiger charge is -2.04. The second-order valence-electron chi connectivity index (χ2n) is 2.91. The van der Waals surface area contributed by atoms with Crippen molar-refractivity contribution >= 4 is 28.5 Å². The van der Waals surface area contributed by atoms with Crippen LogP contribution < -0.4 is 0 Å².